The summed E-state index contributed by atoms with van der Waals surface area (Å²) in [6.07, 6.45) is 2.30. The fourth-order valence-corrected chi connectivity index (χ4v) is 2.69. The van der Waals surface area contributed by atoms with Crippen molar-refractivity contribution >= 4 is 5.91 Å². The number of nitrogens with zero attached hydrogens (tertiary/aromatic N) is 1. The van der Waals surface area contributed by atoms with Crippen LogP contribution in [0.3, 0.4) is 0 Å². The average Bonchev–Trinajstić information content (AvgIpc) is 2.73. The smallest absolute Gasteiger partial charge is 0.254 e. The Morgan fingerprint density at radius 1 is 1.47 bits per heavy atom. The van der Waals surface area contributed by atoms with Gasteiger partial charge in [-0.05, 0) is 36.6 Å². The lowest BCUT2D eigenvalue weighted by atomic mass is 10.0. The second kappa shape index (κ2) is 5.21. The van der Waals surface area contributed by atoms with Gasteiger partial charge < -0.3 is 14.4 Å². The predicted molar refractivity (Wildman–Crippen MR) is 71.3 cm³/mol. The Labute approximate surface area is 113 Å². The van der Waals surface area contributed by atoms with Crippen molar-refractivity contribution in [3.05, 3.63) is 29.3 Å². The third-order valence-electron chi connectivity index (χ3n) is 3.80. The molecule has 2 aliphatic rings. The molecule has 1 atom stereocenters. The largest absolute Gasteiger partial charge is 0.493 e. The molecule has 0 spiro atoms. The van der Waals surface area contributed by atoms with E-state index in [1.54, 1.807) is 4.90 Å². The zero-order chi connectivity index (χ0) is 13.2. The number of ether oxygens (including phenoxy) is 2. The monoisotopic (exact) mass is 261 g/mol. The van der Waals surface area contributed by atoms with Crippen LogP contribution in [0.4, 0.5) is 0 Å². The minimum atomic E-state index is 0.0993. The number of carbonyl (C=O) groups excluding carboxylic acids is 1. The third-order valence-corrected chi connectivity index (χ3v) is 3.80. The molecule has 3 rings (SSSR count). The molecule has 2 aliphatic heterocycles. The second-order valence-corrected chi connectivity index (χ2v) is 5.37. The summed E-state index contributed by atoms with van der Waals surface area (Å²) in [6, 6.07) is 5.74. The van der Waals surface area contributed by atoms with Gasteiger partial charge in [-0.3, -0.25) is 4.79 Å². The van der Waals surface area contributed by atoms with Crippen molar-refractivity contribution in [2.75, 3.05) is 26.9 Å². The Kier molecular flexibility index (Phi) is 3.42. The Morgan fingerprint density at radius 3 is 3.16 bits per heavy atom. The zero-order valence-electron chi connectivity index (χ0n) is 11.2. The van der Waals surface area contributed by atoms with Crippen LogP contribution in [-0.4, -0.2) is 37.7 Å². The molecule has 102 valence electrons. The van der Waals surface area contributed by atoms with Gasteiger partial charge in [0.25, 0.3) is 5.91 Å². The van der Waals surface area contributed by atoms with Gasteiger partial charge in [-0.1, -0.05) is 0 Å². The van der Waals surface area contributed by atoms with Crippen LogP contribution in [0.1, 0.15) is 28.8 Å². The molecule has 1 amide bonds. The lowest BCUT2D eigenvalue weighted by molar-refractivity contribution is 0.0352. The van der Waals surface area contributed by atoms with E-state index in [4.69, 9.17) is 9.47 Å². The van der Waals surface area contributed by atoms with E-state index in [1.807, 2.05) is 25.2 Å². The molecular weight excluding hydrogens is 242 g/mol. The molecule has 0 N–H and O–H groups in total. The van der Waals surface area contributed by atoms with Crippen molar-refractivity contribution in [3.8, 4) is 5.75 Å². The number of rotatable bonds is 3. The summed E-state index contributed by atoms with van der Waals surface area (Å²) in [5.41, 5.74) is 1.86. The number of benzene rings is 1. The summed E-state index contributed by atoms with van der Waals surface area (Å²) in [5.74, 6) is 1.45. The number of amides is 1. The van der Waals surface area contributed by atoms with E-state index in [1.165, 1.54) is 6.42 Å². The first kappa shape index (κ1) is 12.5. The fourth-order valence-electron chi connectivity index (χ4n) is 2.69. The molecule has 1 fully saturated rings. The van der Waals surface area contributed by atoms with E-state index in [-0.39, 0.29) is 5.91 Å². The van der Waals surface area contributed by atoms with Gasteiger partial charge in [0.1, 0.15) is 5.75 Å². The molecular formula is C15H19NO3. The van der Waals surface area contributed by atoms with Crippen molar-refractivity contribution in [3.63, 3.8) is 0 Å². The maximum Gasteiger partial charge on any atom is 0.254 e. The van der Waals surface area contributed by atoms with Crippen LogP contribution in [0.2, 0.25) is 0 Å². The van der Waals surface area contributed by atoms with E-state index in [0.29, 0.717) is 19.1 Å². The molecule has 1 saturated heterocycles. The molecule has 0 bridgehead atoms. The molecule has 0 aliphatic carbocycles. The van der Waals surface area contributed by atoms with Crippen LogP contribution < -0.4 is 4.74 Å². The van der Waals surface area contributed by atoms with E-state index in [2.05, 4.69) is 0 Å². The van der Waals surface area contributed by atoms with Gasteiger partial charge in [-0.15, -0.1) is 0 Å². The topological polar surface area (TPSA) is 38.8 Å². The highest BCUT2D eigenvalue weighted by molar-refractivity contribution is 5.98. The van der Waals surface area contributed by atoms with Crippen molar-refractivity contribution in [1.82, 2.24) is 4.90 Å². The molecule has 1 aromatic rings. The quantitative estimate of drug-likeness (QED) is 0.836. The van der Waals surface area contributed by atoms with Crippen LogP contribution >= 0.6 is 0 Å². The first-order valence-corrected chi connectivity index (χ1v) is 6.83. The summed E-state index contributed by atoms with van der Waals surface area (Å²) in [6.45, 7) is 3.05. The summed E-state index contributed by atoms with van der Waals surface area (Å²) < 4.78 is 11.3. The van der Waals surface area contributed by atoms with Gasteiger partial charge >= 0.3 is 0 Å². The standard InChI is InChI=1S/C15H19NO3/c1-16-8-12-7-13(4-5-14(12)15(16)17)19-10-11-3-2-6-18-9-11/h4-5,7,11H,2-3,6,8-10H2,1H3. The van der Waals surface area contributed by atoms with Gasteiger partial charge in [0.05, 0.1) is 13.2 Å². The fraction of sp³-hybridized carbons (Fsp3) is 0.533. The highest BCUT2D eigenvalue weighted by atomic mass is 16.5. The Morgan fingerprint density at radius 2 is 2.37 bits per heavy atom. The van der Waals surface area contributed by atoms with Crippen molar-refractivity contribution < 1.29 is 14.3 Å². The second-order valence-electron chi connectivity index (χ2n) is 5.37. The Balaban J connectivity index is 1.63. The summed E-state index contributed by atoms with van der Waals surface area (Å²) in [5, 5.41) is 0. The van der Waals surface area contributed by atoms with Crippen LogP contribution in [-0.2, 0) is 11.3 Å². The van der Waals surface area contributed by atoms with Gasteiger partial charge in [0.2, 0.25) is 0 Å². The number of hydrogen-bond donors (Lipinski definition) is 0. The first-order valence-electron chi connectivity index (χ1n) is 6.83. The predicted octanol–water partition coefficient (Wildman–Crippen LogP) is 2.08. The number of fused-ring (bicyclic) bond motifs is 1. The van der Waals surface area contributed by atoms with Crippen LogP contribution in [0.25, 0.3) is 0 Å². The third kappa shape index (κ3) is 2.59. The van der Waals surface area contributed by atoms with Crippen molar-refractivity contribution in [2.24, 2.45) is 5.92 Å². The molecule has 4 nitrogen and oxygen atoms in total. The molecule has 0 aromatic heterocycles. The molecule has 2 heterocycles. The summed E-state index contributed by atoms with van der Waals surface area (Å²) in [7, 11) is 1.82. The van der Waals surface area contributed by atoms with Crippen molar-refractivity contribution in [2.45, 2.75) is 19.4 Å². The zero-order valence-corrected chi connectivity index (χ0v) is 11.2. The Bertz CT molecular complexity index is 480. The van der Waals surface area contributed by atoms with Gasteiger partial charge in [0.15, 0.2) is 0 Å². The lowest BCUT2D eigenvalue weighted by Gasteiger charge is -2.22. The van der Waals surface area contributed by atoms with Crippen molar-refractivity contribution in [1.29, 1.82) is 0 Å². The normalized spacial score (nSPS) is 22.5. The number of hydrogen-bond acceptors (Lipinski definition) is 3. The van der Waals surface area contributed by atoms with Crippen LogP contribution in [0.5, 0.6) is 5.75 Å². The molecule has 0 radical (unpaired) electrons. The van der Waals surface area contributed by atoms with Gasteiger partial charge in [-0.25, -0.2) is 0 Å². The average molecular weight is 261 g/mol. The van der Waals surface area contributed by atoms with Gasteiger partial charge in [0, 0.05) is 31.7 Å². The minimum Gasteiger partial charge on any atom is -0.493 e. The summed E-state index contributed by atoms with van der Waals surface area (Å²) in [4.78, 5) is 13.5. The van der Waals surface area contributed by atoms with E-state index in [0.717, 1.165) is 36.5 Å². The van der Waals surface area contributed by atoms with E-state index < -0.39 is 0 Å². The highest BCUT2D eigenvalue weighted by Gasteiger charge is 2.24. The molecule has 4 heteroatoms. The summed E-state index contributed by atoms with van der Waals surface area (Å²) >= 11 is 0. The SMILES string of the molecule is CN1Cc2cc(OCC3CCCOC3)ccc2C1=O. The highest BCUT2D eigenvalue weighted by Crippen LogP contribution is 2.26. The van der Waals surface area contributed by atoms with Crippen LogP contribution in [0.15, 0.2) is 18.2 Å². The first-order chi connectivity index (χ1) is 9.24. The Hall–Kier alpha value is -1.55. The van der Waals surface area contributed by atoms with E-state index >= 15 is 0 Å². The maximum absolute atomic E-state index is 11.8. The maximum atomic E-state index is 11.8. The number of carbonyl (C=O) groups is 1. The molecule has 19 heavy (non-hydrogen) atoms. The molecule has 1 aromatic carbocycles. The minimum absolute atomic E-state index is 0.0993. The van der Waals surface area contributed by atoms with Crippen LogP contribution in [0, 0.1) is 5.92 Å². The van der Waals surface area contributed by atoms with Gasteiger partial charge in [-0.2, -0.15) is 0 Å². The molecule has 1 unspecified atom stereocenters. The van der Waals surface area contributed by atoms with E-state index in [9.17, 15) is 4.79 Å². The lowest BCUT2D eigenvalue weighted by Crippen LogP contribution is -2.23. The molecule has 0 saturated carbocycles.